The molecule has 144 valence electrons. The van der Waals surface area contributed by atoms with Crippen LogP contribution in [0.15, 0.2) is 10.6 Å². The third kappa shape index (κ3) is 2.49. The predicted molar refractivity (Wildman–Crippen MR) is 97.1 cm³/mol. The molecule has 2 aliphatic rings. The molecule has 9 heteroatoms. The Balaban J connectivity index is 1.58. The highest BCUT2D eigenvalue weighted by molar-refractivity contribution is 6.07. The summed E-state index contributed by atoms with van der Waals surface area (Å²) >= 11 is 0. The Morgan fingerprint density at radius 2 is 2.07 bits per heavy atom. The molecule has 0 atom stereocenters. The maximum Gasteiger partial charge on any atom is 0.356 e. The normalized spacial score (nSPS) is 16.1. The van der Waals surface area contributed by atoms with E-state index >= 15 is 0 Å². The van der Waals surface area contributed by atoms with Gasteiger partial charge in [0, 0.05) is 18.8 Å². The third-order valence-electron chi connectivity index (χ3n) is 5.56. The molecule has 1 aliphatic heterocycles. The predicted octanol–water partition coefficient (Wildman–Crippen LogP) is 1.96. The number of aryl methyl sites for hydroxylation is 3. The molecule has 1 aliphatic carbocycles. The van der Waals surface area contributed by atoms with Gasteiger partial charge in [-0.15, -0.1) is 0 Å². The molecule has 0 saturated heterocycles. The average Bonchev–Trinajstić information content (AvgIpc) is 3.36. The Kier molecular flexibility index (Phi) is 3.71. The van der Waals surface area contributed by atoms with Crippen LogP contribution < -0.4 is 0 Å². The molecule has 0 unspecified atom stereocenters. The van der Waals surface area contributed by atoms with Gasteiger partial charge in [-0.2, -0.15) is 5.10 Å². The number of carbonyl (C=O) groups is 2. The smallest absolute Gasteiger partial charge is 0.356 e. The molecular weight excluding hydrogens is 362 g/mol. The van der Waals surface area contributed by atoms with Crippen molar-refractivity contribution in [2.24, 2.45) is 0 Å². The standard InChI is InChI=1S/C19H19N5O4/c1-10-15-16(12-4-2-5-13(12)20-17(15)28-22-10)18(25)23-6-3-7-24-11(9-23)8-14(21-24)19(26)27/h8H,2-7,9H2,1H3,(H,26,27). The van der Waals surface area contributed by atoms with Crippen molar-refractivity contribution < 1.29 is 19.2 Å². The lowest BCUT2D eigenvalue weighted by Gasteiger charge is -2.22. The van der Waals surface area contributed by atoms with Crippen LogP contribution in [0.3, 0.4) is 0 Å². The quantitative estimate of drug-likeness (QED) is 0.721. The number of hydrogen-bond acceptors (Lipinski definition) is 6. The highest BCUT2D eigenvalue weighted by Gasteiger charge is 2.31. The molecule has 0 spiro atoms. The summed E-state index contributed by atoms with van der Waals surface area (Å²) in [5.41, 5.74) is 4.36. The number of nitrogens with zero attached hydrogens (tertiary/aromatic N) is 5. The van der Waals surface area contributed by atoms with Crippen LogP contribution in [0.2, 0.25) is 0 Å². The highest BCUT2D eigenvalue weighted by Crippen LogP contribution is 2.33. The Hall–Kier alpha value is -3.23. The second-order valence-electron chi connectivity index (χ2n) is 7.34. The van der Waals surface area contributed by atoms with Crippen molar-refractivity contribution >= 4 is 23.0 Å². The molecule has 1 amide bonds. The van der Waals surface area contributed by atoms with Gasteiger partial charge in [0.05, 0.1) is 28.9 Å². The van der Waals surface area contributed by atoms with Gasteiger partial charge >= 0.3 is 5.97 Å². The first-order valence-corrected chi connectivity index (χ1v) is 9.40. The van der Waals surface area contributed by atoms with Crippen molar-refractivity contribution in [2.45, 2.75) is 45.7 Å². The fourth-order valence-electron chi connectivity index (χ4n) is 4.25. The molecule has 3 aromatic heterocycles. The SMILES string of the molecule is Cc1noc2nc3c(c(C(=O)N4CCCn5nc(C(=O)O)cc5C4)c12)CCC3. The van der Waals surface area contributed by atoms with Gasteiger partial charge in [0.15, 0.2) is 5.69 Å². The zero-order chi connectivity index (χ0) is 19.4. The van der Waals surface area contributed by atoms with Crippen LogP contribution in [0.5, 0.6) is 0 Å². The van der Waals surface area contributed by atoms with Crippen LogP contribution in [0, 0.1) is 6.92 Å². The summed E-state index contributed by atoms with van der Waals surface area (Å²) in [6, 6.07) is 1.55. The lowest BCUT2D eigenvalue weighted by Crippen LogP contribution is -2.31. The van der Waals surface area contributed by atoms with Crippen molar-refractivity contribution in [3.63, 3.8) is 0 Å². The molecule has 0 bridgehead atoms. The van der Waals surface area contributed by atoms with Crippen LogP contribution >= 0.6 is 0 Å². The maximum atomic E-state index is 13.6. The summed E-state index contributed by atoms with van der Waals surface area (Å²) in [6.45, 7) is 3.31. The maximum absolute atomic E-state index is 13.6. The minimum absolute atomic E-state index is 0.00590. The van der Waals surface area contributed by atoms with Crippen LogP contribution in [-0.4, -0.2) is 48.3 Å². The van der Waals surface area contributed by atoms with Gasteiger partial charge in [0.2, 0.25) is 0 Å². The van der Waals surface area contributed by atoms with Crippen LogP contribution in [0.4, 0.5) is 0 Å². The van der Waals surface area contributed by atoms with E-state index in [0.717, 1.165) is 36.2 Å². The van der Waals surface area contributed by atoms with Crippen molar-refractivity contribution in [1.29, 1.82) is 0 Å². The van der Waals surface area contributed by atoms with Gasteiger partial charge in [-0.1, -0.05) is 5.16 Å². The van der Waals surface area contributed by atoms with E-state index in [1.165, 1.54) is 0 Å². The molecule has 3 aromatic rings. The van der Waals surface area contributed by atoms with Crippen LogP contribution in [-0.2, 0) is 25.9 Å². The number of carboxylic acids is 1. The first-order chi connectivity index (χ1) is 13.5. The lowest BCUT2D eigenvalue weighted by molar-refractivity contribution is 0.0689. The Labute approximate surface area is 159 Å². The number of carbonyl (C=O) groups excluding carboxylic acids is 1. The number of pyridine rings is 1. The van der Waals surface area contributed by atoms with E-state index in [0.29, 0.717) is 48.4 Å². The minimum atomic E-state index is -1.06. The van der Waals surface area contributed by atoms with Crippen molar-refractivity contribution in [2.75, 3.05) is 6.54 Å². The second kappa shape index (κ2) is 6.15. The zero-order valence-corrected chi connectivity index (χ0v) is 15.4. The Morgan fingerprint density at radius 1 is 1.21 bits per heavy atom. The van der Waals surface area contributed by atoms with E-state index in [-0.39, 0.29) is 11.6 Å². The number of hydrogen-bond donors (Lipinski definition) is 1. The second-order valence-corrected chi connectivity index (χ2v) is 7.34. The van der Waals surface area contributed by atoms with E-state index in [9.17, 15) is 14.7 Å². The molecule has 28 heavy (non-hydrogen) atoms. The summed E-state index contributed by atoms with van der Waals surface area (Å²) in [7, 11) is 0. The molecule has 0 aromatic carbocycles. The molecule has 9 nitrogen and oxygen atoms in total. The zero-order valence-electron chi connectivity index (χ0n) is 15.4. The van der Waals surface area contributed by atoms with Gasteiger partial charge in [-0.05, 0) is 44.2 Å². The first kappa shape index (κ1) is 16.9. The van der Waals surface area contributed by atoms with Gasteiger partial charge in [-0.3, -0.25) is 9.48 Å². The molecule has 0 saturated carbocycles. The molecule has 4 heterocycles. The summed E-state index contributed by atoms with van der Waals surface area (Å²) in [5.74, 6) is -1.14. The fourth-order valence-corrected chi connectivity index (χ4v) is 4.25. The molecule has 0 radical (unpaired) electrons. The van der Waals surface area contributed by atoms with E-state index in [2.05, 4.69) is 15.2 Å². The number of aromatic nitrogens is 4. The van der Waals surface area contributed by atoms with Crippen molar-refractivity contribution in [3.05, 3.63) is 40.0 Å². The van der Waals surface area contributed by atoms with Gasteiger partial charge in [-0.25, -0.2) is 9.78 Å². The highest BCUT2D eigenvalue weighted by atomic mass is 16.5. The monoisotopic (exact) mass is 381 g/mol. The number of aromatic carboxylic acids is 1. The van der Waals surface area contributed by atoms with Gasteiger partial charge < -0.3 is 14.5 Å². The minimum Gasteiger partial charge on any atom is -0.476 e. The van der Waals surface area contributed by atoms with Crippen LogP contribution in [0.1, 0.15) is 56.3 Å². The summed E-state index contributed by atoms with van der Waals surface area (Å²) in [4.78, 5) is 31.2. The van der Waals surface area contributed by atoms with E-state index in [4.69, 9.17) is 4.52 Å². The largest absolute Gasteiger partial charge is 0.476 e. The van der Waals surface area contributed by atoms with Crippen molar-refractivity contribution in [3.8, 4) is 0 Å². The summed E-state index contributed by atoms with van der Waals surface area (Å²) in [6.07, 6.45) is 3.33. The Bertz CT molecular complexity index is 1130. The van der Waals surface area contributed by atoms with E-state index in [1.807, 2.05) is 6.92 Å². The third-order valence-corrected chi connectivity index (χ3v) is 5.56. The van der Waals surface area contributed by atoms with Gasteiger partial charge in [0.1, 0.15) is 0 Å². The van der Waals surface area contributed by atoms with Gasteiger partial charge in [0.25, 0.3) is 11.6 Å². The molecule has 0 fully saturated rings. The topological polar surface area (TPSA) is 114 Å². The average molecular weight is 381 g/mol. The molecule has 1 N–H and O–H groups in total. The van der Waals surface area contributed by atoms with Crippen molar-refractivity contribution in [1.82, 2.24) is 24.8 Å². The number of carboxylic acid groups (broad SMARTS) is 1. The summed E-state index contributed by atoms with van der Waals surface area (Å²) in [5, 5.41) is 18.0. The lowest BCUT2D eigenvalue weighted by atomic mass is 10.0. The molecule has 5 rings (SSSR count). The van der Waals surface area contributed by atoms with Crippen LogP contribution in [0.25, 0.3) is 11.1 Å². The van der Waals surface area contributed by atoms with E-state index in [1.54, 1.807) is 15.6 Å². The number of fused-ring (bicyclic) bond motifs is 3. The summed E-state index contributed by atoms with van der Waals surface area (Å²) < 4.78 is 7.04. The first-order valence-electron chi connectivity index (χ1n) is 9.40. The number of rotatable bonds is 2. The Morgan fingerprint density at radius 3 is 2.89 bits per heavy atom. The number of amides is 1. The van der Waals surface area contributed by atoms with E-state index < -0.39 is 5.97 Å². The molecular formula is C19H19N5O4. The fraction of sp³-hybridized carbons (Fsp3) is 0.421.